The molecule has 6 heteroatoms. The second-order valence-electron chi connectivity index (χ2n) is 3.71. The molecule has 0 spiro atoms. The number of benzene rings is 1. The smallest absolute Gasteiger partial charge is 0.429 e. The lowest BCUT2D eigenvalue weighted by molar-refractivity contribution is -0.207. The zero-order valence-electron chi connectivity index (χ0n) is 9.55. The van der Waals surface area contributed by atoms with Crippen molar-refractivity contribution in [3.63, 3.8) is 0 Å². The molecule has 1 heterocycles. The van der Waals surface area contributed by atoms with Crippen molar-refractivity contribution >= 4 is 5.97 Å². The minimum atomic E-state index is -4.69. The number of carbonyl (C=O) groups is 1. The molecule has 1 aromatic heterocycles. The van der Waals surface area contributed by atoms with Crippen molar-refractivity contribution in [2.24, 2.45) is 0 Å². The highest BCUT2D eigenvalue weighted by molar-refractivity contribution is 5.86. The lowest BCUT2D eigenvalue weighted by atomic mass is 10.1. The Labute approximate surface area is 106 Å². The average molecular weight is 270 g/mol. The van der Waals surface area contributed by atoms with Crippen LogP contribution in [0.25, 0.3) is 0 Å². The maximum Gasteiger partial charge on any atom is 0.429 e. The van der Waals surface area contributed by atoms with E-state index in [4.69, 9.17) is 4.42 Å². The number of esters is 1. The van der Waals surface area contributed by atoms with E-state index in [1.165, 1.54) is 42.7 Å². The summed E-state index contributed by atoms with van der Waals surface area (Å²) in [7, 11) is 0. The Bertz CT molecular complexity index is 532. The third-order valence-electron chi connectivity index (χ3n) is 2.35. The lowest BCUT2D eigenvalue weighted by Crippen LogP contribution is -2.26. The van der Waals surface area contributed by atoms with Gasteiger partial charge in [0.2, 0.25) is 11.9 Å². The largest absolute Gasteiger partial charge is 0.457 e. The zero-order valence-corrected chi connectivity index (χ0v) is 9.55. The number of halogens is 3. The molecular formula is C13H9F3O3. The molecule has 2 aromatic rings. The van der Waals surface area contributed by atoms with E-state index in [1.807, 2.05) is 0 Å². The van der Waals surface area contributed by atoms with Gasteiger partial charge in [-0.05, 0) is 12.1 Å². The summed E-state index contributed by atoms with van der Waals surface area (Å²) in [6.45, 7) is 0. The average Bonchev–Trinajstić information content (AvgIpc) is 2.89. The molecule has 0 aliphatic rings. The molecule has 1 atom stereocenters. The van der Waals surface area contributed by atoms with Crippen LogP contribution >= 0.6 is 0 Å². The number of rotatable bonds is 3. The van der Waals surface area contributed by atoms with Crippen LogP contribution in [0.4, 0.5) is 13.2 Å². The van der Waals surface area contributed by atoms with Gasteiger partial charge in [0.1, 0.15) is 0 Å². The van der Waals surface area contributed by atoms with Crippen LogP contribution in [0.2, 0.25) is 0 Å². The standard InChI is InChI=1S/C13H9F3O3/c14-13(15,16)11(9-5-2-1-3-6-9)19-12(17)10-7-4-8-18-10/h1-8,11H. The van der Waals surface area contributed by atoms with E-state index in [0.717, 1.165) is 0 Å². The Morgan fingerprint density at radius 1 is 1.11 bits per heavy atom. The molecule has 100 valence electrons. The van der Waals surface area contributed by atoms with E-state index in [0.29, 0.717) is 0 Å². The van der Waals surface area contributed by atoms with Gasteiger partial charge in [-0.25, -0.2) is 4.79 Å². The topological polar surface area (TPSA) is 39.4 Å². The van der Waals surface area contributed by atoms with E-state index < -0.39 is 18.2 Å². The van der Waals surface area contributed by atoms with E-state index in [9.17, 15) is 18.0 Å². The third kappa shape index (κ3) is 3.15. The van der Waals surface area contributed by atoms with Crippen molar-refractivity contribution in [2.75, 3.05) is 0 Å². The summed E-state index contributed by atoms with van der Waals surface area (Å²) in [5.74, 6) is -1.43. The Hall–Kier alpha value is -2.24. The third-order valence-corrected chi connectivity index (χ3v) is 2.35. The lowest BCUT2D eigenvalue weighted by Gasteiger charge is -2.20. The molecule has 0 N–H and O–H groups in total. The van der Waals surface area contributed by atoms with Gasteiger partial charge in [0.05, 0.1) is 6.26 Å². The number of hydrogen-bond donors (Lipinski definition) is 0. The summed E-state index contributed by atoms with van der Waals surface area (Å²) in [6.07, 6.45) is -5.82. The molecular weight excluding hydrogens is 261 g/mol. The zero-order chi connectivity index (χ0) is 13.9. The molecule has 0 bridgehead atoms. The van der Waals surface area contributed by atoms with Gasteiger partial charge in [-0.2, -0.15) is 13.2 Å². The minimum Gasteiger partial charge on any atom is -0.457 e. The van der Waals surface area contributed by atoms with Gasteiger partial charge in [-0.1, -0.05) is 30.3 Å². The van der Waals surface area contributed by atoms with Crippen molar-refractivity contribution in [1.82, 2.24) is 0 Å². The first-order chi connectivity index (χ1) is 8.98. The first kappa shape index (κ1) is 13.2. The Morgan fingerprint density at radius 2 is 1.79 bits per heavy atom. The van der Waals surface area contributed by atoms with Crippen LogP contribution in [0.15, 0.2) is 53.1 Å². The SMILES string of the molecule is O=C(OC(c1ccccc1)C(F)(F)F)c1ccco1. The first-order valence-electron chi connectivity index (χ1n) is 5.34. The summed E-state index contributed by atoms with van der Waals surface area (Å²) in [4.78, 5) is 11.5. The number of ether oxygens (including phenoxy) is 1. The summed E-state index contributed by atoms with van der Waals surface area (Å²) >= 11 is 0. The van der Waals surface area contributed by atoms with Crippen molar-refractivity contribution in [3.8, 4) is 0 Å². The van der Waals surface area contributed by atoms with Gasteiger partial charge in [0.25, 0.3) is 0 Å². The van der Waals surface area contributed by atoms with E-state index >= 15 is 0 Å². The monoisotopic (exact) mass is 270 g/mol. The van der Waals surface area contributed by atoms with Crippen LogP contribution in [0.3, 0.4) is 0 Å². The highest BCUT2D eigenvalue weighted by Crippen LogP contribution is 2.36. The molecule has 0 saturated heterocycles. The summed E-state index contributed by atoms with van der Waals surface area (Å²) in [5.41, 5.74) is -0.144. The van der Waals surface area contributed by atoms with Crippen molar-refractivity contribution in [2.45, 2.75) is 12.3 Å². The fraction of sp³-hybridized carbons (Fsp3) is 0.154. The quantitative estimate of drug-likeness (QED) is 0.797. The Kier molecular flexibility index (Phi) is 3.59. The van der Waals surface area contributed by atoms with Gasteiger partial charge in [0, 0.05) is 5.56 Å². The molecule has 1 unspecified atom stereocenters. The molecule has 0 aliphatic carbocycles. The summed E-state index contributed by atoms with van der Waals surface area (Å²) in [6, 6.07) is 9.57. The van der Waals surface area contributed by atoms with E-state index in [2.05, 4.69) is 4.74 Å². The summed E-state index contributed by atoms with van der Waals surface area (Å²) < 4.78 is 47.9. The molecule has 0 fully saturated rings. The number of carbonyl (C=O) groups excluding carboxylic acids is 1. The molecule has 1 aromatic carbocycles. The van der Waals surface area contributed by atoms with Crippen molar-refractivity contribution in [3.05, 3.63) is 60.1 Å². The highest BCUT2D eigenvalue weighted by Gasteiger charge is 2.44. The van der Waals surface area contributed by atoms with Crippen molar-refractivity contribution in [1.29, 1.82) is 0 Å². The van der Waals surface area contributed by atoms with Gasteiger partial charge in [-0.15, -0.1) is 0 Å². The van der Waals surface area contributed by atoms with Crippen LogP contribution in [0, 0.1) is 0 Å². The first-order valence-corrected chi connectivity index (χ1v) is 5.34. The van der Waals surface area contributed by atoms with Gasteiger partial charge in [0.15, 0.2) is 0 Å². The number of furan rings is 1. The van der Waals surface area contributed by atoms with Gasteiger partial charge >= 0.3 is 12.1 Å². The number of hydrogen-bond acceptors (Lipinski definition) is 3. The second kappa shape index (κ2) is 5.17. The number of alkyl halides is 3. The predicted molar refractivity (Wildman–Crippen MR) is 59.4 cm³/mol. The molecule has 0 radical (unpaired) electrons. The normalized spacial score (nSPS) is 13.0. The van der Waals surface area contributed by atoms with Crippen molar-refractivity contribution < 1.29 is 27.1 Å². The fourth-order valence-corrected chi connectivity index (χ4v) is 1.51. The van der Waals surface area contributed by atoms with Gasteiger partial charge < -0.3 is 9.15 Å². The predicted octanol–water partition coefficient (Wildman–Crippen LogP) is 3.74. The Balaban J connectivity index is 2.23. The minimum absolute atomic E-state index is 0.144. The maximum atomic E-state index is 12.9. The maximum absolute atomic E-state index is 12.9. The fourth-order valence-electron chi connectivity index (χ4n) is 1.51. The Morgan fingerprint density at radius 3 is 2.32 bits per heavy atom. The van der Waals surface area contributed by atoms with Crippen LogP contribution in [0.5, 0.6) is 0 Å². The van der Waals surface area contributed by atoms with Crippen LogP contribution in [-0.2, 0) is 4.74 Å². The molecule has 2 rings (SSSR count). The molecule has 19 heavy (non-hydrogen) atoms. The molecule has 0 saturated carbocycles. The molecule has 0 aliphatic heterocycles. The summed E-state index contributed by atoms with van der Waals surface area (Å²) in [5, 5.41) is 0. The van der Waals surface area contributed by atoms with Gasteiger partial charge in [-0.3, -0.25) is 0 Å². The molecule has 0 amide bonds. The van der Waals surface area contributed by atoms with Crippen LogP contribution < -0.4 is 0 Å². The van der Waals surface area contributed by atoms with E-state index in [-0.39, 0.29) is 11.3 Å². The second-order valence-corrected chi connectivity index (χ2v) is 3.71. The van der Waals surface area contributed by atoms with E-state index in [1.54, 1.807) is 6.07 Å². The van der Waals surface area contributed by atoms with Crippen LogP contribution in [-0.4, -0.2) is 12.1 Å². The molecule has 3 nitrogen and oxygen atoms in total. The highest BCUT2D eigenvalue weighted by atomic mass is 19.4. The van der Waals surface area contributed by atoms with Crippen LogP contribution in [0.1, 0.15) is 22.2 Å².